The van der Waals surface area contributed by atoms with Gasteiger partial charge < -0.3 is 19.7 Å². The summed E-state index contributed by atoms with van der Waals surface area (Å²) in [5.41, 5.74) is 1.40. The van der Waals surface area contributed by atoms with Crippen LogP contribution < -0.4 is 10.1 Å². The van der Waals surface area contributed by atoms with Crippen LogP contribution >= 0.6 is 0 Å². The van der Waals surface area contributed by atoms with E-state index in [2.05, 4.69) is 10.3 Å². The number of methoxy groups -OCH3 is 1. The highest BCUT2D eigenvalue weighted by molar-refractivity contribution is 5.87. The molecule has 2 heterocycles. The average Bonchev–Trinajstić information content (AvgIpc) is 3.01. The number of nitrogens with one attached hydrogen (secondary N) is 1. The van der Waals surface area contributed by atoms with Crippen molar-refractivity contribution in [1.82, 2.24) is 9.88 Å². The molecule has 0 aliphatic carbocycles. The zero-order valence-corrected chi connectivity index (χ0v) is 15.2. The van der Waals surface area contributed by atoms with E-state index < -0.39 is 5.60 Å². The number of likely N-dealkylation sites (tertiary alicyclic amines) is 1. The Bertz CT molecular complexity index is 770. The van der Waals surface area contributed by atoms with Gasteiger partial charge in [0.05, 0.1) is 12.6 Å². The van der Waals surface area contributed by atoms with E-state index >= 15 is 0 Å². The fourth-order valence-electron chi connectivity index (χ4n) is 3.00. The first-order valence-corrected chi connectivity index (χ1v) is 8.53. The van der Waals surface area contributed by atoms with Crippen molar-refractivity contribution in [3.63, 3.8) is 0 Å². The van der Waals surface area contributed by atoms with E-state index in [1.807, 2.05) is 45.0 Å². The largest absolute Gasteiger partial charge is 0.496 e. The molecule has 1 aromatic heterocycles. The van der Waals surface area contributed by atoms with Gasteiger partial charge in [0.15, 0.2) is 0 Å². The number of hydrogen-bond donors (Lipinski definition) is 1. The second-order valence-electron chi connectivity index (χ2n) is 7.30. The van der Waals surface area contributed by atoms with Crippen molar-refractivity contribution < 1.29 is 14.3 Å². The van der Waals surface area contributed by atoms with Crippen LogP contribution in [0.4, 0.5) is 10.5 Å². The third-order valence-electron chi connectivity index (χ3n) is 4.13. The number of fused-ring (bicyclic) bond motifs is 1. The summed E-state index contributed by atoms with van der Waals surface area (Å²) in [4.78, 5) is 18.3. The van der Waals surface area contributed by atoms with Gasteiger partial charge in [0.1, 0.15) is 11.4 Å². The Balaban J connectivity index is 1.65. The summed E-state index contributed by atoms with van der Waals surface area (Å²) in [5, 5.41) is 4.47. The van der Waals surface area contributed by atoms with E-state index in [1.165, 1.54) is 0 Å². The predicted octanol–water partition coefficient (Wildman–Crippen LogP) is 3.66. The SMILES string of the molecule is COc1ccnc2cc(N[C@@H]3CCN(C(=O)OC(C)(C)C)C3)ccc12. The highest BCUT2D eigenvalue weighted by Crippen LogP contribution is 2.27. The van der Waals surface area contributed by atoms with E-state index in [4.69, 9.17) is 9.47 Å². The molecule has 6 nitrogen and oxygen atoms in total. The van der Waals surface area contributed by atoms with E-state index in [9.17, 15) is 4.79 Å². The summed E-state index contributed by atoms with van der Waals surface area (Å²) < 4.78 is 10.8. The van der Waals surface area contributed by atoms with Crippen molar-refractivity contribution in [2.75, 3.05) is 25.5 Å². The average molecular weight is 343 g/mol. The van der Waals surface area contributed by atoms with E-state index in [-0.39, 0.29) is 12.1 Å². The zero-order valence-electron chi connectivity index (χ0n) is 15.2. The molecule has 1 N–H and O–H groups in total. The second-order valence-corrected chi connectivity index (χ2v) is 7.30. The molecule has 0 bridgehead atoms. The maximum atomic E-state index is 12.2. The number of anilines is 1. The van der Waals surface area contributed by atoms with Crippen LogP contribution in [0.2, 0.25) is 0 Å². The Morgan fingerprint density at radius 3 is 2.84 bits per heavy atom. The number of hydrogen-bond acceptors (Lipinski definition) is 5. The first kappa shape index (κ1) is 17.3. The number of pyridine rings is 1. The molecule has 134 valence electrons. The molecule has 1 aliphatic rings. The molecule has 1 atom stereocenters. The third kappa shape index (κ3) is 4.13. The normalized spacial score (nSPS) is 17.6. The van der Waals surface area contributed by atoms with Gasteiger partial charge in [-0.15, -0.1) is 0 Å². The van der Waals surface area contributed by atoms with Gasteiger partial charge in [0, 0.05) is 36.4 Å². The number of nitrogens with zero attached hydrogens (tertiary/aromatic N) is 2. The van der Waals surface area contributed by atoms with Crippen LogP contribution in [-0.2, 0) is 4.74 Å². The lowest BCUT2D eigenvalue weighted by atomic mass is 10.1. The molecule has 25 heavy (non-hydrogen) atoms. The zero-order chi connectivity index (χ0) is 18.0. The van der Waals surface area contributed by atoms with Gasteiger partial charge >= 0.3 is 6.09 Å². The van der Waals surface area contributed by atoms with Crippen molar-refractivity contribution in [2.45, 2.75) is 38.8 Å². The number of amides is 1. The fourth-order valence-corrected chi connectivity index (χ4v) is 3.00. The number of benzene rings is 1. The monoisotopic (exact) mass is 343 g/mol. The smallest absolute Gasteiger partial charge is 0.410 e. The molecular formula is C19H25N3O3. The Labute approximate surface area is 148 Å². The molecule has 1 aliphatic heterocycles. The number of aromatic nitrogens is 1. The van der Waals surface area contributed by atoms with E-state index in [0.717, 1.165) is 28.8 Å². The minimum atomic E-state index is -0.467. The third-order valence-corrected chi connectivity index (χ3v) is 4.13. The topological polar surface area (TPSA) is 63.7 Å². The predicted molar refractivity (Wildman–Crippen MR) is 98.1 cm³/mol. The number of carbonyl (C=O) groups is 1. The molecule has 1 aromatic carbocycles. The van der Waals surface area contributed by atoms with Crippen LogP contribution in [0.5, 0.6) is 5.75 Å². The molecule has 3 rings (SSSR count). The van der Waals surface area contributed by atoms with E-state index in [1.54, 1.807) is 18.2 Å². The van der Waals surface area contributed by atoms with Crippen LogP contribution in [0.25, 0.3) is 10.9 Å². The quantitative estimate of drug-likeness (QED) is 0.921. The van der Waals surface area contributed by atoms with E-state index in [0.29, 0.717) is 13.1 Å². The van der Waals surface area contributed by atoms with Gasteiger partial charge in [-0.1, -0.05) is 0 Å². The highest BCUT2D eigenvalue weighted by atomic mass is 16.6. The van der Waals surface area contributed by atoms with Gasteiger partial charge in [-0.3, -0.25) is 4.98 Å². The summed E-state index contributed by atoms with van der Waals surface area (Å²) in [6.07, 6.45) is 2.38. The van der Waals surface area contributed by atoms with Crippen molar-refractivity contribution >= 4 is 22.7 Å². The summed E-state index contributed by atoms with van der Waals surface area (Å²) >= 11 is 0. The summed E-state index contributed by atoms with van der Waals surface area (Å²) in [6, 6.07) is 8.09. The van der Waals surface area contributed by atoms with Crippen LogP contribution in [0.1, 0.15) is 27.2 Å². The van der Waals surface area contributed by atoms with Gasteiger partial charge in [-0.2, -0.15) is 0 Å². The molecular weight excluding hydrogens is 318 g/mol. The van der Waals surface area contributed by atoms with Crippen LogP contribution in [-0.4, -0.2) is 47.8 Å². The standard InChI is InChI=1S/C19H25N3O3/c1-19(2,3)25-18(23)22-10-8-14(12-22)21-13-5-6-15-16(11-13)20-9-7-17(15)24-4/h5-7,9,11,14,21H,8,10,12H2,1-4H3/t14-/m1/s1. The van der Waals surface area contributed by atoms with Crippen molar-refractivity contribution in [3.8, 4) is 5.75 Å². The van der Waals surface area contributed by atoms with Gasteiger partial charge in [-0.25, -0.2) is 4.79 Å². The molecule has 2 aromatic rings. The molecule has 1 fully saturated rings. The minimum absolute atomic E-state index is 0.204. The Morgan fingerprint density at radius 1 is 1.32 bits per heavy atom. The van der Waals surface area contributed by atoms with Crippen LogP contribution in [0.15, 0.2) is 30.5 Å². The molecule has 0 saturated carbocycles. The number of ether oxygens (including phenoxy) is 2. The first-order chi connectivity index (χ1) is 11.9. The first-order valence-electron chi connectivity index (χ1n) is 8.53. The molecule has 1 amide bonds. The van der Waals surface area contributed by atoms with Gasteiger partial charge in [-0.05, 0) is 51.5 Å². The molecule has 0 unspecified atom stereocenters. The second kappa shape index (κ2) is 6.78. The molecule has 0 spiro atoms. The van der Waals surface area contributed by atoms with Gasteiger partial charge in [0.2, 0.25) is 0 Å². The maximum absolute atomic E-state index is 12.2. The Morgan fingerprint density at radius 2 is 2.12 bits per heavy atom. The van der Waals surface area contributed by atoms with Crippen LogP contribution in [0.3, 0.4) is 0 Å². The number of rotatable bonds is 3. The lowest BCUT2D eigenvalue weighted by molar-refractivity contribution is 0.0293. The lowest BCUT2D eigenvalue weighted by Gasteiger charge is -2.24. The summed E-state index contributed by atoms with van der Waals surface area (Å²) in [7, 11) is 1.66. The lowest BCUT2D eigenvalue weighted by Crippen LogP contribution is -2.36. The summed E-state index contributed by atoms with van der Waals surface area (Å²) in [6.45, 7) is 6.98. The summed E-state index contributed by atoms with van der Waals surface area (Å²) in [5.74, 6) is 0.813. The Kier molecular flexibility index (Phi) is 4.70. The van der Waals surface area contributed by atoms with Crippen molar-refractivity contribution in [2.24, 2.45) is 0 Å². The molecule has 6 heteroatoms. The fraction of sp³-hybridized carbons (Fsp3) is 0.474. The van der Waals surface area contributed by atoms with Crippen molar-refractivity contribution in [3.05, 3.63) is 30.5 Å². The maximum Gasteiger partial charge on any atom is 0.410 e. The van der Waals surface area contributed by atoms with Crippen molar-refractivity contribution in [1.29, 1.82) is 0 Å². The Hall–Kier alpha value is -2.50. The highest BCUT2D eigenvalue weighted by Gasteiger charge is 2.29. The minimum Gasteiger partial charge on any atom is -0.496 e. The van der Waals surface area contributed by atoms with Gasteiger partial charge in [0.25, 0.3) is 0 Å². The molecule has 0 radical (unpaired) electrons. The number of carbonyl (C=O) groups excluding carboxylic acids is 1. The van der Waals surface area contributed by atoms with Crippen LogP contribution in [0, 0.1) is 0 Å². The molecule has 1 saturated heterocycles.